The third kappa shape index (κ3) is 11.7. The molecule has 0 saturated carbocycles. The SMILES string of the molecule is CCOC(=O)NCCN(C)C(=O)CC[C@H](NC(=O)OC(C)(C)C)C(=O)OC. The van der Waals surface area contributed by atoms with Gasteiger partial charge < -0.3 is 29.7 Å². The molecule has 156 valence electrons. The van der Waals surface area contributed by atoms with E-state index in [0.717, 1.165) is 0 Å². The topological polar surface area (TPSA) is 123 Å². The van der Waals surface area contributed by atoms with Gasteiger partial charge in [-0.1, -0.05) is 0 Å². The van der Waals surface area contributed by atoms with E-state index in [1.54, 1.807) is 34.7 Å². The maximum Gasteiger partial charge on any atom is 0.408 e. The van der Waals surface area contributed by atoms with Crippen LogP contribution in [0, 0.1) is 0 Å². The summed E-state index contributed by atoms with van der Waals surface area (Å²) in [6, 6.07) is -1.00. The van der Waals surface area contributed by atoms with Gasteiger partial charge in [-0.15, -0.1) is 0 Å². The van der Waals surface area contributed by atoms with Crippen molar-refractivity contribution in [2.45, 2.75) is 52.2 Å². The van der Waals surface area contributed by atoms with Crippen LogP contribution in [-0.4, -0.2) is 74.5 Å². The maximum atomic E-state index is 12.2. The number of likely N-dealkylation sites (N-methyl/N-ethyl adjacent to an activating group) is 1. The summed E-state index contributed by atoms with van der Waals surface area (Å²) in [6.45, 7) is 7.56. The Hall–Kier alpha value is -2.52. The number of rotatable bonds is 9. The first kappa shape index (κ1) is 24.5. The summed E-state index contributed by atoms with van der Waals surface area (Å²) in [6.07, 6.45) is -1.26. The number of methoxy groups -OCH3 is 1. The lowest BCUT2D eigenvalue weighted by Crippen LogP contribution is -2.44. The molecule has 0 aromatic heterocycles. The third-order valence-corrected chi connectivity index (χ3v) is 3.24. The Kier molecular flexibility index (Phi) is 10.9. The molecule has 0 aliphatic carbocycles. The number of esters is 1. The molecule has 0 aromatic carbocycles. The lowest BCUT2D eigenvalue weighted by Gasteiger charge is -2.23. The second-order valence-electron chi connectivity index (χ2n) is 6.72. The summed E-state index contributed by atoms with van der Waals surface area (Å²) in [5, 5.41) is 4.92. The van der Waals surface area contributed by atoms with Crippen LogP contribution in [0.15, 0.2) is 0 Å². The number of amides is 3. The number of nitrogens with zero attached hydrogens (tertiary/aromatic N) is 1. The lowest BCUT2D eigenvalue weighted by atomic mass is 10.1. The Labute approximate surface area is 159 Å². The van der Waals surface area contributed by atoms with Gasteiger partial charge >= 0.3 is 18.2 Å². The average molecular weight is 389 g/mol. The van der Waals surface area contributed by atoms with Crippen molar-refractivity contribution in [3.05, 3.63) is 0 Å². The molecule has 0 aliphatic rings. The molecule has 27 heavy (non-hydrogen) atoms. The van der Waals surface area contributed by atoms with Crippen LogP contribution in [0.1, 0.15) is 40.5 Å². The van der Waals surface area contributed by atoms with Gasteiger partial charge in [0.25, 0.3) is 0 Å². The smallest absolute Gasteiger partial charge is 0.408 e. The third-order valence-electron chi connectivity index (χ3n) is 3.24. The van der Waals surface area contributed by atoms with Gasteiger partial charge in [-0.25, -0.2) is 14.4 Å². The monoisotopic (exact) mass is 389 g/mol. The normalized spacial score (nSPS) is 11.8. The fraction of sp³-hybridized carbons (Fsp3) is 0.765. The summed E-state index contributed by atoms with van der Waals surface area (Å²) in [5.41, 5.74) is -0.716. The van der Waals surface area contributed by atoms with E-state index in [1.807, 2.05) is 0 Å². The van der Waals surface area contributed by atoms with Crippen molar-refractivity contribution in [2.75, 3.05) is 33.9 Å². The number of nitrogens with one attached hydrogen (secondary N) is 2. The molecule has 0 bridgehead atoms. The Morgan fingerprint density at radius 2 is 1.74 bits per heavy atom. The highest BCUT2D eigenvalue weighted by Crippen LogP contribution is 2.09. The first-order valence-corrected chi connectivity index (χ1v) is 8.72. The molecule has 0 heterocycles. The van der Waals surface area contributed by atoms with E-state index in [0.29, 0.717) is 0 Å². The first-order valence-electron chi connectivity index (χ1n) is 8.72. The van der Waals surface area contributed by atoms with Crippen LogP contribution in [0.2, 0.25) is 0 Å². The molecule has 0 aliphatic heterocycles. The minimum Gasteiger partial charge on any atom is -0.467 e. The van der Waals surface area contributed by atoms with Crippen LogP contribution in [-0.2, 0) is 23.8 Å². The van der Waals surface area contributed by atoms with E-state index in [-0.39, 0.29) is 38.4 Å². The maximum absolute atomic E-state index is 12.2. The Bertz CT molecular complexity index is 517. The Balaban J connectivity index is 4.47. The van der Waals surface area contributed by atoms with Gasteiger partial charge in [-0.3, -0.25) is 4.79 Å². The molecule has 2 N–H and O–H groups in total. The molecule has 1 atom stereocenters. The van der Waals surface area contributed by atoms with Crippen molar-refractivity contribution in [2.24, 2.45) is 0 Å². The van der Waals surface area contributed by atoms with E-state index in [9.17, 15) is 19.2 Å². The molecular formula is C17H31N3O7. The molecular weight excluding hydrogens is 358 g/mol. The van der Waals surface area contributed by atoms with Crippen molar-refractivity contribution in [1.29, 1.82) is 0 Å². The fourth-order valence-electron chi connectivity index (χ4n) is 1.93. The quantitative estimate of drug-likeness (QED) is 0.446. The number of alkyl carbamates (subject to hydrolysis) is 2. The van der Waals surface area contributed by atoms with E-state index in [4.69, 9.17) is 9.47 Å². The number of carbonyl (C=O) groups excluding carboxylic acids is 4. The van der Waals surface area contributed by atoms with Gasteiger partial charge in [0.2, 0.25) is 5.91 Å². The zero-order chi connectivity index (χ0) is 21.0. The van der Waals surface area contributed by atoms with Crippen molar-refractivity contribution >= 4 is 24.1 Å². The second-order valence-corrected chi connectivity index (χ2v) is 6.72. The van der Waals surface area contributed by atoms with Crippen molar-refractivity contribution in [3.63, 3.8) is 0 Å². The highest BCUT2D eigenvalue weighted by molar-refractivity contribution is 5.83. The van der Waals surface area contributed by atoms with Crippen LogP contribution >= 0.6 is 0 Å². The van der Waals surface area contributed by atoms with Crippen molar-refractivity contribution in [3.8, 4) is 0 Å². The summed E-state index contributed by atoms with van der Waals surface area (Å²) in [5.74, 6) is -0.916. The summed E-state index contributed by atoms with van der Waals surface area (Å²) < 4.78 is 14.5. The molecule has 0 fully saturated rings. The van der Waals surface area contributed by atoms with E-state index >= 15 is 0 Å². The zero-order valence-corrected chi connectivity index (χ0v) is 16.9. The standard InChI is InChI=1S/C17H31N3O7/c1-7-26-15(23)18-10-11-20(5)13(21)9-8-12(14(22)25-6)19-16(24)27-17(2,3)4/h12H,7-11H2,1-6H3,(H,18,23)(H,19,24)/t12-/m0/s1. The molecule has 3 amide bonds. The second kappa shape index (κ2) is 12.0. The van der Waals surface area contributed by atoms with Crippen LogP contribution in [0.25, 0.3) is 0 Å². The first-order chi connectivity index (χ1) is 12.5. The number of carbonyl (C=O) groups is 4. The summed E-state index contributed by atoms with van der Waals surface area (Å²) in [7, 11) is 2.77. The molecule has 10 heteroatoms. The molecule has 0 saturated heterocycles. The molecule has 0 aromatic rings. The number of hydrogen-bond acceptors (Lipinski definition) is 7. The lowest BCUT2D eigenvalue weighted by molar-refractivity contribution is -0.143. The zero-order valence-electron chi connectivity index (χ0n) is 16.9. The van der Waals surface area contributed by atoms with Gasteiger partial charge in [-0.2, -0.15) is 0 Å². The average Bonchev–Trinajstić information content (AvgIpc) is 2.55. The largest absolute Gasteiger partial charge is 0.467 e. The fourth-order valence-corrected chi connectivity index (χ4v) is 1.93. The number of ether oxygens (including phenoxy) is 3. The summed E-state index contributed by atoms with van der Waals surface area (Å²) in [4.78, 5) is 48.4. The predicted molar refractivity (Wildman–Crippen MR) is 97.1 cm³/mol. The highest BCUT2D eigenvalue weighted by Gasteiger charge is 2.26. The van der Waals surface area contributed by atoms with E-state index in [2.05, 4.69) is 15.4 Å². The van der Waals surface area contributed by atoms with Crippen molar-refractivity contribution < 1.29 is 33.4 Å². The van der Waals surface area contributed by atoms with Crippen LogP contribution in [0.3, 0.4) is 0 Å². The minimum absolute atomic E-state index is 0.00543. The summed E-state index contributed by atoms with van der Waals surface area (Å²) >= 11 is 0. The Morgan fingerprint density at radius 3 is 2.26 bits per heavy atom. The number of hydrogen-bond donors (Lipinski definition) is 2. The highest BCUT2D eigenvalue weighted by atomic mass is 16.6. The van der Waals surface area contributed by atoms with Crippen molar-refractivity contribution in [1.82, 2.24) is 15.5 Å². The van der Waals surface area contributed by atoms with Crippen LogP contribution in [0.5, 0.6) is 0 Å². The molecule has 0 rings (SSSR count). The molecule has 0 radical (unpaired) electrons. The predicted octanol–water partition coefficient (Wildman–Crippen LogP) is 1.04. The van der Waals surface area contributed by atoms with Crippen LogP contribution < -0.4 is 10.6 Å². The van der Waals surface area contributed by atoms with E-state index in [1.165, 1.54) is 12.0 Å². The van der Waals surface area contributed by atoms with Gasteiger partial charge in [0.15, 0.2) is 0 Å². The van der Waals surface area contributed by atoms with Gasteiger partial charge in [0.05, 0.1) is 13.7 Å². The van der Waals surface area contributed by atoms with Gasteiger partial charge in [-0.05, 0) is 34.1 Å². The van der Waals surface area contributed by atoms with E-state index < -0.39 is 29.8 Å². The van der Waals surface area contributed by atoms with Gasteiger partial charge in [0.1, 0.15) is 11.6 Å². The molecule has 0 unspecified atom stereocenters. The van der Waals surface area contributed by atoms with Crippen LogP contribution in [0.4, 0.5) is 9.59 Å². The molecule has 10 nitrogen and oxygen atoms in total. The molecule has 0 spiro atoms. The minimum atomic E-state index is -1.00. The Morgan fingerprint density at radius 1 is 1.11 bits per heavy atom. The van der Waals surface area contributed by atoms with Gasteiger partial charge in [0, 0.05) is 26.6 Å².